The van der Waals surface area contributed by atoms with Gasteiger partial charge in [-0.2, -0.15) is 8.78 Å². The Bertz CT molecular complexity index is 497. The fraction of sp³-hybridized carbons (Fsp3) is 0.333. The predicted molar refractivity (Wildman–Crippen MR) is 64.3 cm³/mol. The average molecular weight is 308 g/mol. The van der Waals surface area contributed by atoms with Gasteiger partial charge in [0.25, 0.3) is 0 Å². The fourth-order valence-corrected chi connectivity index (χ4v) is 1.39. The molecule has 0 fully saturated rings. The summed E-state index contributed by atoms with van der Waals surface area (Å²) >= 11 is 0. The third kappa shape index (κ3) is 4.93. The Kier molecular flexibility index (Phi) is 5.51. The average Bonchev–Trinajstić information content (AvgIpc) is 2.43. The molecule has 5 nitrogen and oxygen atoms in total. The molecular weight excluding hydrogens is 296 g/mol. The Morgan fingerprint density at radius 3 is 2.24 bits per heavy atom. The van der Waals surface area contributed by atoms with Crippen molar-refractivity contribution in [3.05, 3.63) is 35.9 Å². The van der Waals surface area contributed by atoms with Crippen molar-refractivity contribution in [2.24, 2.45) is 0 Å². The Morgan fingerprint density at radius 2 is 1.76 bits per heavy atom. The van der Waals surface area contributed by atoms with Crippen LogP contribution in [0.15, 0.2) is 30.3 Å². The zero-order chi connectivity index (χ0) is 16.0. The van der Waals surface area contributed by atoms with Gasteiger partial charge in [-0.25, -0.2) is 18.4 Å². The van der Waals surface area contributed by atoms with Crippen molar-refractivity contribution in [2.75, 3.05) is 6.54 Å². The maximum Gasteiger partial charge on any atom is 0.330 e. The topological polar surface area (TPSA) is 78.4 Å². The van der Waals surface area contributed by atoms with E-state index in [-0.39, 0.29) is 5.56 Å². The molecule has 9 heteroatoms. The lowest BCUT2D eigenvalue weighted by molar-refractivity contribution is -0.139. The molecule has 0 unspecified atom stereocenters. The smallest absolute Gasteiger partial charge is 0.330 e. The van der Waals surface area contributed by atoms with E-state index in [1.165, 1.54) is 29.6 Å². The molecule has 0 radical (unpaired) electrons. The van der Waals surface area contributed by atoms with E-state index >= 15 is 0 Å². The standard InChI is InChI=1S/C12H12F4N2O3/c13-10(14)12(15,16)6-17-11(21)18-8(9(19)20)7-4-2-1-3-5-7/h1-5,8,10H,6H2,(H,19,20)(H2,17,18,21)/t8-/m0/s1. The number of carboxylic acid groups (broad SMARTS) is 1. The first-order chi connectivity index (χ1) is 9.74. The number of benzene rings is 1. The highest BCUT2D eigenvalue weighted by molar-refractivity contribution is 5.83. The zero-order valence-electron chi connectivity index (χ0n) is 10.5. The van der Waals surface area contributed by atoms with Crippen LogP contribution < -0.4 is 10.6 Å². The predicted octanol–water partition coefficient (Wildman–Crippen LogP) is 2.01. The molecule has 1 aromatic carbocycles. The highest BCUT2D eigenvalue weighted by atomic mass is 19.3. The second-order valence-corrected chi connectivity index (χ2v) is 4.07. The second kappa shape index (κ2) is 6.91. The number of nitrogens with one attached hydrogen (secondary N) is 2. The summed E-state index contributed by atoms with van der Waals surface area (Å²) in [5.74, 6) is -5.81. The van der Waals surface area contributed by atoms with Gasteiger partial charge in [-0.1, -0.05) is 30.3 Å². The Hall–Kier alpha value is -2.32. The summed E-state index contributed by atoms with van der Waals surface area (Å²) in [7, 11) is 0. The molecule has 1 aromatic rings. The molecule has 0 bridgehead atoms. The lowest BCUT2D eigenvalue weighted by atomic mass is 10.1. The van der Waals surface area contributed by atoms with Gasteiger partial charge in [0.2, 0.25) is 0 Å². The van der Waals surface area contributed by atoms with Gasteiger partial charge in [0.1, 0.15) is 0 Å². The normalized spacial score (nSPS) is 12.8. The molecule has 0 aliphatic heterocycles. The van der Waals surface area contributed by atoms with Crippen LogP contribution in [0, 0.1) is 0 Å². The van der Waals surface area contributed by atoms with Crippen molar-refractivity contribution in [1.29, 1.82) is 0 Å². The van der Waals surface area contributed by atoms with Crippen LogP contribution in [0.4, 0.5) is 22.4 Å². The molecule has 116 valence electrons. The molecule has 1 atom stereocenters. The van der Waals surface area contributed by atoms with E-state index in [1.807, 2.05) is 5.32 Å². The number of aliphatic carboxylic acids is 1. The molecule has 2 amide bonds. The van der Waals surface area contributed by atoms with Crippen molar-refractivity contribution in [1.82, 2.24) is 10.6 Å². The Balaban J connectivity index is 2.65. The number of alkyl halides is 4. The maximum atomic E-state index is 12.6. The summed E-state index contributed by atoms with van der Waals surface area (Å²) in [5.41, 5.74) is 0.209. The monoisotopic (exact) mass is 308 g/mol. The molecule has 21 heavy (non-hydrogen) atoms. The molecule has 0 spiro atoms. The van der Waals surface area contributed by atoms with E-state index in [9.17, 15) is 27.2 Å². The highest BCUT2D eigenvalue weighted by Gasteiger charge is 2.41. The van der Waals surface area contributed by atoms with Gasteiger partial charge in [0.15, 0.2) is 6.04 Å². The molecular formula is C12H12F4N2O3. The fourth-order valence-electron chi connectivity index (χ4n) is 1.39. The lowest BCUT2D eigenvalue weighted by Gasteiger charge is -2.18. The Labute approximate surface area is 117 Å². The molecule has 1 rings (SSSR count). The van der Waals surface area contributed by atoms with Crippen LogP contribution >= 0.6 is 0 Å². The second-order valence-electron chi connectivity index (χ2n) is 4.07. The SMILES string of the molecule is O=C(NCC(F)(F)C(F)F)N[C@H](C(=O)O)c1ccccc1. The largest absolute Gasteiger partial charge is 0.479 e. The van der Waals surface area contributed by atoms with Crippen molar-refractivity contribution in [2.45, 2.75) is 18.4 Å². The number of urea groups is 1. The molecule has 0 aromatic heterocycles. The van der Waals surface area contributed by atoms with Crippen molar-refractivity contribution >= 4 is 12.0 Å². The number of halogens is 4. The molecule has 0 aliphatic carbocycles. The van der Waals surface area contributed by atoms with E-state index in [0.717, 1.165) is 0 Å². The quantitative estimate of drug-likeness (QED) is 0.703. The molecule has 0 saturated heterocycles. The van der Waals surface area contributed by atoms with Gasteiger partial charge in [0.05, 0.1) is 6.54 Å². The van der Waals surface area contributed by atoms with Crippen molar-refractivity contribution in [3.8, 4) is 0 Å². The van der Waals surface area contributed by atoms with Gasteiger partial charge in [-0.05, 0) is 5.56 Å². The number of rotatable bonds is 6. The van der Waals surface area contributed by atoms with Crippen LogP contribution in [0.5, 0.6) is 0 Å². The summed E-state index contributed by atoms with van der Waals surface area (Å²) in [6, 6.07) is 4.72. The molecule has 0 heterocycles. The first kappa shape index (κ1) is 16.7. The van der Waals surface area contributed by atoms with Crippen molar-refractivity contribution < 1.29 is 32.3 Å². The van der Waals surface area contributed by atoms with Crippen LogP contribution in [0.1, 0.15) is 11.6 Å². The number of carbonyl (C=O) groups is 2. The van der Waals surface area contributed by atoms with Crippen LogP contribution in [-0.4, -0.2) is 36.0 Å². The minimum atomic E-state index is -4.39. The third-order valence-electron chi connectivity index (χ3n) is 2.46. The van der Waals surface area contributed by atoms with Crippen LogP contribution in [0.25, 0.3) is 0 Å². The number of carbonyl (C=O) groups excluding carboxylic acids is 1. The van der Waals surface area contributed by atoms with Crippen molar-refractivity contribution in [3.63, 3.8) is 0 Å². The summed E-state index contributed by atoms with van der Waals surface area (Å²) in [4.78, 5) is 22.4. The van der Waals surface area contributed by atoms with E-state index < -0.39 is 36.9 Å². The van der Waals surface area contributed by atoms with Gasteiger partial charge in [0, 0.05) is 0 Å². The third-order valence-corrected chi connectivity index (χ3v) is 2.46. The number of hydrogen-bond donors (Lipinski definition) is 3. The first-order valence-corrected chi connectivity index (χ1v) is 5.72. The van der Waals surface area contributed by atoms with E-state index in [0.29, 0.717) is 0 Å². The number of hydrogen-bond acceptors (Lipinski definition) is 2. The van der Waals surface area contributed by atoms with Gasteiger partial charge < -0.3 is 15.7 Å². The summed E-state index contributed by atoms with van der Waals surface area (Å²) in [5, 5.41) is 12.4. The molecule has 0 aliphatic rings. The molecule has 0 saturated carbocycles. The van der Waals surface area contributed by atoms with E-state index in [2.05, 4.69) is 0 Å². The number of carboxylic acids is 1. The zero-order valence-corrected chi connectivity index (χ0v) is 10.5. The highest BCUT2D eigenvalue weighted by Crippen LogP contribution is 2.21. The van der Waals surface area contributed by atoms with Crippen LogP contribution in [-0.2, 0) is 4.79 Å². The van der Waals surface area contributed by atoms with E-state index in [1.54, 1.807) is 6.07 Å². The first-order valence-electron chi connectivity index (χ1n) is 5.72. The molecule has 3 N–H and O–H groups in total. The Morgan fingerprint density at radius 1 is 1.19 bits per heavy atom. The summed E-state index contributed by atoms with van der Waals surface area (Å²) in [6.07, 6.45) is -3.93. The number of amides is 2. The summed E-state index contributed by atoms with van der Waals surface area (Å²) < 4.78 is 49.0. The van der Waals surface area contributed by atoms with Crippen LogP contribution in [0.2, 0.25) is 0 Å². The minimum absolute atomic E-state index is 0.209. The summed E-state index contributed by atoms with van der Waals surface area (Å²) in [6.45, 7) is -1.60. The van der Waals surface area contributed by atoms with Gasteiger partial charge in [-0.3, -0.25) is 0 Å². The minimum Gasteiger partial charge on any atom is -0.479 e. The van der Waals surface area contributed by atoms with Gasteiger partial charge in [-0.15, -0.1) is 0 Å². The van der Waals surface area contributed by atoms with Crippen LogP contribution in [0.3, 0.4) is 0 Å². The lowest BCUT2D eigenvalue weighted by Crippen LogP contribution is -2.47. The van der Waals surface area contributed by atoms with Gasteiger partial charge >= 0.3 is 24.3 Å². The van der Waals surface area contributed by atoms with E-state index in [4.69, 9.17) is 5.11 Å². The maximum absolute atomic E-state index is 12.6.